The summed E-state index contributed by atoms with van der Waals surface area (Å²) in [6.07, 6.45) is 0.841. The molecule has 14 heavy (non-hydrogen) atoms. The van der Waals surface area contributed by atoms with E-state index in [0.717, 1.165) is 6.42 Å². The number of hydrogen-bond donors (Lipinski definition) is 1. The second-order valence-electron chi connectivity index (χ2n) is 3.39. The van der Waals surface area contributed by atoms with Gasteiger partial charge in [-0.1, -0.05) is 37.3 Å². The maximum atomic E-state index is 8.81. The largest absolute Gasteiger partial charge is 0.295 e. The van der Waals surface area contributed by atoms with Gasteiger partial charge in [0.25, 0.3) is 0 Å². The molecule has 0 heterocycles. The first-order valence-electron chi connectivity index (χ1n) is 4.98. The van der Waals surface area contributed by atoms with Crippen LogP contribution in [0.2, 0.25) is 0 Å². The SMILES string of the molecule is CC[C@H](C#N)N[C@H](C)c1ccccc1. The zero-order chi connectivity index (χ0) is 10.4. The van der Waals surface area contributed by atoms with E-state index in [1.165, 1.54) is 5.56 Å². The van der Waals surface area contributed by atoms with Crippen LogP contribution in [-0.2, 0) is 0 Å². The van der Waals surface area contributed by atoms with Gasteiger partial charge in [0.2, 0.25) is 0 Å². The van der Waals surface area contributed by atoms with Crippen molar-refractivity contribution in [2.75, 3.05) is 0 Å². The topological polar surface area (TPSA) is 35.8 Å². The smallest absolute Gasteiger partial charge is 0.0954 e. The first-order valence-corrected chi connectivity index (χ1v) is 4.98. The van der Waals surface area contributed by atoms with E-state index < -0.39 is 0 Å². The van der Waals surface area contributed by atoms with Gasteiger partial charge in [-0.3, -0.25) is 5.32 Å². The van der Waals surface area contributed by atoms with E-state index in [2.05, 4.69) is 30.4 Å². The molecule has 0 aliphatic heterocycles. The molecule has 0 saturated heterocycles. The minimum atomic E-state index is -0.0507. The highest BCUT2D eigenvalue weighted by molar-refractivity contribution is 5.18. The van der Waals surface area contributed by atoms with Crippen LogP contribution in [0.5, 0.6) is 0 Å². The predicted molar refractivity (Wildman–Crippen MR) is 57.7 cm³/mol. The Kier molecular flexibility index (Phi) is 4.15. The third-order valence-electron chi connectivity index (χ3n) is 2.31. The zero-order valence-corrected chi connectivity index (χ0v) is 8.70. The Labute approximate surface area is 85.6 Å². The maximum absolute atomic E-state index is 8.81. The predicted octanol–water partition coefficient (Wildman–Crippen LogP) is 2.64. The molecule has 74 valence electrons. The fraction of sp³-hybridized carbons (Fsp3) is 0.417. The Bertz CT molecular complexity index is 300. The summed E-state index contributed by atoms with van der Waals surface area (Å²) in [4.78, 5) is 0. The zero-order valence-electron chi connectivity index (χ0n) is 8.70. The molecule has 1 aromatic rings. The third-order valence-corrected chi connectivity index (χ3v) is 2.31. The highest BCUT2D eigenvalue weighted by Gasteiger charge is 2.09. The van der Waals surface area contributed by atoms with Crippen LogP contribution in [0.3, 0.4) is 0 Å². The highest BCUT2D eigenvalue weighted by Crippen LogP contribution is 2.12. The third kappa shape index (κ3) is 2.86. The van der Waals surface area contributed by atoms with Gasteiger partial charge in [0, 0.05) is 6.04 Å². The summed E-state index contributed by atoms with van der Waals surface area (Å²) in [5.41, 5.74) is 1.22. The van der Waals surface area contributed by atoms with E-state index in [1.54, 1.807) is 0 Å². The van der Waals surface area contributed by atoms with Crippen LogP contribution in [0.4, 0.5) is 0 Å². The molecule has 0 bridgehead atoms. The number of hydrogen-bond acceptors (Lipinski definition) is 2. The van der Waals surface area contributed by atoms with Gasteiger partial charge in [-0.25, -0.2) is 0 Å². The van der Waals surface area contributed by atoms with Crippen molar-refractivity contribution >= 4 is 0 Å². The Hall–Kier alpha value is -1.33. The lowest BCUT2D eigenvalue weighted by Crippen LogP contribution is -2.29. The van der Waals surface area contributed by atoms with E-state index in [-0.39, 0.29) is 12.1 Å². The molecule has 1 aromatic carbocycles. The van der Waals surface area contributed by atoms with Gasteiger partial charge >= 0.3 is 0 Å². The number of nitrogens with one attached hydrogen (secondary N) is 1. The molecule has 0 fully saturated rings. The lowest BCUT2D eigenvalue weighted by atomic mass is 10.1. The molecule has 0 amide bonds. The van der Waals surface area contributed by atoms with Crippen molar-refractivity contribution < 1.29 is 0 Å². The summed E-state index contributed by atoms with van der Waals surface area (Å²) in [6, 6.07) is 12.6. The molecule has 0 spiro atoms. The minimum Gasteiger partial charge on any atom is -0.295 e. The van der Waals surface area contributed by atoms with Gasteiger partial charge in [-0.2, -0.15) is 5.26 Å². The maximum Gasteiger partial charge on any atom is 0.0954 e. The van der Waals surface area contributed by atoms with Crippen molar-refractivity contribution in [3.05, 3.63) is 35.9 Å². The Morgan fingerprint density at radius 3 is 2.50 bits per heavy atom. The average molecular weight is 188 g/mol. The fourth-order valence-electron chi connectivity index (χ4n) is 1.39. The lowest BCUT2D eigenvalue weighted by molar-refractivity contribution is 0.508. The second-order valence-corrected chi connectivity index (χ2v) is 3.39. The molecule has 0 radical (unpaired) electrons. The Balaban J connectivity index is 2.59. The molecule has 2 atom stereocenters. The van der Waals surface area contributed by atoms with Crippen molar-refractivity contribution in [3.8, 4) is 6.07 Å². The summed E-state index contributed by atoms with van der Waals surface area (Å²) in [7, 11) is 0. The minimum absolute atomic E-state index is 0.0507. The molecule has 2 nitrogen and oxygen atoms in total. The number of nitrogens with zero attached hydrogens (tertiary/aromatic N) is 1. The molecule has 1 N–H and O–H groups in total. The molecule has 0 unspecified atom stereocenters. The molecular weight excluding hydrogens is 172 g/mol. The second kappa shape index (κ2) is 5.41. The van der Waals surface area contributed by atoms with Gasteiger partial charge in [-0.05, 0) is 18.9 Å². The standard InChI is InChI=1S/C12H16N2/c1-3-12(9-13)14-10(2)11-7-5-4-6-8-11/h4-8,10,12,14H,3H2,1-2H3/t10-,12-/m1/s1. The summed E-state index contributed by atoms with van der Waals surface area (Å²) in [5, 5.41) is 12.1. The first-order chi connectivity index (χ1) is 6.77. The van der Waals surface area contributed by atoms with Crippen molar-refractivity contribution in [1.29, 1.82) is 5.26 Å². The van der Waals surface area contributed by atoms with Crippen LogP contribution < -0.4 is 5.32 Å². The number of benzene rings is 1. The van der Waals surface area contributed by atoms with Crippen molar-refractivity contribution in [2.45, 2.75) is 32.4 Å². The van der Waals surface area contributed by atoms with Gasteiger partial charge in [0.1, 0.15) is 0 Å². The summed E-state index contributed by atoms with van der Waals surface area (Å²) in [6.45, 7) is 4.09. The van der Waals surface area contributed by atoms with Crippen LogP contribution in [0.1, 0.15) is 31.9 Å². The van der Waals surface area contributed by atoms with E-state index >= 15 is 0 Å². The van der Waals surface area contributed by atoms with Crippen LogP contribution in [0.15, 0.2) is 30.3 Å². The molecule has 2 heteroatoms. The van der Waals surface area contributed by atoms with E-state index in [4.69, 9.17) is 5.26 Å². The quantitative estimate of drug-likeness (QED) is 0.788. The van der Waals surface area contributed by atoms with Crippen molar-refractivity contribution in [2.24, 2.45) is 0 Å². The molecular formula is C12H16N2. The molecule has 0 aliphatic carbocycles. The molecule has 1 rings (SSSR count). The molecule has 0 saturated carbocycles. The van der Waals surface area contributed by atoms with Gasteiger partial charge < -0.3 is 0 Å². The normalized spacial score (nSPS) is 14.4. The highest BCUT2D eigenvalue weighted by atomic mass is 14.9. The Morgan fingerprint density at radius 1 is 1.36 bits per heavy atom. The van der Waals surface area contributed by atoms with Crippen LogP contribution in [0.25, 0.3) is 0 Å². The monoisotopic (exact) mass is 188 g/mol. The van der Waals surface area contributed by atoms with Crippen LogP contribution in [-0.4, -0.2) is 6.04 Å². The first kappa shape index (κ1) is 10.7. The summed E-state index contributed by atoms with van der Waals surface area (Å²) >= 11 is 0. The average Bonchev–Trinajstić information content (AvgIpc) is 2.26. The molecule has 0 aromatic heterocycles. The summed E-state index contributed by atoms with van der Waals surface area (Å²) < 4.78 is 0. The Morgan fingerprint density at radius 2 is 2.00 bits per heavy atom. The number of nitriles is 1. The number of rotatable bonds is 4. The van der Waals surface area contributed by atoms with E-state index in [0.29, 0.717) is 0 Å². The van der Waals surface area contributed by atoms with Gasteiger partial charge in [-0.15, -0.1) is 0 Å². The fourth-order valence-corrected chi connectivity index (χ4v) is 1.39. The summed E-state index contributed by atoms with van der Waals surface area (Å²) in [5.74, 6) is 0. The van der Waals surface area contributed by atoms with Crippen LogP contribution in [0, 0.1) is 11.3 Å². The van der Waals surface area contributed by atoms with Gasteiger partial charge in [0.05, 0.1) is 12.1 Å². The lowest BCUT2D eigenvalue weighted by Gasteiger charge is -2.17. The molecule has 0 aliphatic rings. The van der Waals surface area contributed by atoms with Gasteiger partial charge in [0.15, 0.2) is 0 Å². The van der Waals surface area contributed by atoms with E-state index in [1.807, 2.05) is 25.1 Å². The van der Waals surface area contributed by atoms with E-state index in [9.17, 15) is 0 Å². The van der Waals surface area contributed by atoms with Crippen molar-refractivity contribution in [1.82, 2.24) is 5.32 Å². The van der Waals surface area contributed by atoms with Crippen molar-refractivity contribution in [3.63, 3.8) is 0 Å². The van der Waals surface area contributed by atoms with Crippen LogP contribution >= 0.6 is 0 Å².